The normalized spacial score (nSPS) is 9.68. The maximum atomic E-state index is 11.4. The zero-order chi connectivity index (χ0) is 14.1. The van der Waals surface area contributed by atoms with Crippen LogP contribution in [0, 0.1) is 12.3 Å². The average molecular weight is 265 g/mol. The van der Waals surface area contributed by atoms with E-state index >= 15 is 0 Å². The number of anilines is 1. The van der Waals surface area contributed by atoms with Crippen molar-refractivity contribution in [2.24, 2.45) is 0 Å². The fourth-order valence-electron chi connectivity index (χ4n) is 1.21. The van der Waals surface area contributed by atoms with E-state index < -0.39 is 11.8 Å². The highest BCUT2D eigenvalue weighted by atomic mass is 16.5. The number of carbonyl (C=O) groups is 1. The molecule has 19 heavy (non-hydrogen) atoms. The molecule has 0 radical (unpaired) electrons. The Morgan fingerprint density at radius 1 is 1.58 bits per heavy atom. The lowest BCUT2D eigenvalue weighted by Gasteiger charge is -2.07. The van der Waals surface area contributed by atoms with Crippen LogP contribution in [0.3, 0.4) is 0 Å². The molecule has 0 fully saturated rings. The molecular formula is C12H15N3O4. The van der Waals surface area contributed by atoms with Gasteiger partial charge in [-0.2, -0.15) is 0 Å². The first kappa shape index (κ1) is 14.7. The van der Waals surface area contributed by atoms with E-state index in [1.807, 2.05) is 6.92 Å². The van der Waals surface area contributed by atoms with Crippen LogP contribution in [0.15, 0.2) is 11.0 Å². The molecule has 0 atom stereocenters. The van der Waals surface area contributed by atoms with Gasteiger partial charge >= 0.3 is 11.8 Å². The summed E-state index contributed by atoms with van der Waals surface area (Å²) in [4.78, 5) is 28.2. The quantitative estimate of drug-likeness (QED) is 0.584. The van der Waals surface area contributed by atoms with Crippen LogP contribution in [-0.4, -0.2) is 35.9 Å². The van der Waals surface area contributed by atoms with Crippen molar-refractivity contribution < 1.29 is 14.3 Å². The Bertz CT molecular complexity index is 518. The largest absolute Gasteiger partial charge is 0.449 e. The Kier molecular flexibility index (Phi) is 6.12. The van der Waals surface area contributed by atoms with E-state index in [4.69, 9.17) is 15.9 Å². The molecule has 1 aromatic heterocycles. The predicted octanol–water partition coefficient (Wildman–Crippen LogP) is 0.726. The first-order chi connectivity index (χ1) is 9.17. The lowest BCUT2D eigenvalue weighted by Crippen LogP contribution is -2.20. The molecule has 1 amide bonds. The fourth-order valence-corrected chi connectivity index (χ4v) is 1.21. The molecule has 0 aliphatic heterocycles. The summed E-state index contributed by atoms with van der Waals surface area (Å²) in [5.74, 6) is 2.38. The molecule has 7 nitrogen and oxygen atoms in total. The van der Waals surface area contributed by atoms with Gasteiger partial charge < -0.3 is 9.47 Å². The van der Waals surface area contributed by atoms with Crippen molar-refractivity contribution in [3.63, 3.8) is 0 Å². The average Bonchev–Trinajstić information content (AvgIpc) is 2.39. The number of aromatic nitrogens is 2. The number of nitrogens with one attached hydrogen (secondary N) is 2. The van der Waals surface area contributed by atoms with E-state index in [1.165, 1.54) is 6.20 Å². The first-order valence-electron chi connectivity index (χ1n) is 5.74. The summed E-state index contributed by atoms with van der Waals surface area (Å²) in [5, 5.41) is 2.35. The van der Waals surface area contributed by atoms with Crippen molar-refractivity contribution >= 4 is 11.9 Å². The van der Waals surface area contributed by atoms with E-state index in [0.29, 0.717) is 19.6 Å². The molecule has 0 aromatic carbocycles. The number of aromatic amines is 1. The zero-order valence-corrected chi connectivity index (χ0v) is 10.6. The minimum Gasteiger partial charge on any atom is -0.449 e. The van der Waals surface area contributed by atoms with Gasteiger partial charge in [-0.1, -0.05) is 5.92 Å². The molecule has 7 heteroatoms. The topological polar surface area (TPSA) is 93.3 Å². The lowest BCUT2D eigenvalue weighted by molar-refractivity contribution is 0.113. The third kappa shape index (κ3) is 5.23. The summed E-state index contributed by atoms with van der Waals surface area (Å²) >= 11 is 0. The Morgan fingerprint density at radius 2 is 2.37 bits per heavy atom. The maximum absolute atomic E-state index is 11.4. The first-order valence-corrected chi connectivity index (χ1v) is 5.74. The van der Waals surface area contributed by atoms with E-state index in [9.17, 15) is 9.59 Å². The molecule has 1 aromatic rings. The number of ether oxygens (including phenoxy) is 2. The molecule has 0 bridgehead atoms. The summed E-state index contributed by atoms with van der Waals surface area (Å²) in [5.41, 5.74) is -0.337. The zero-order valence-electron chi connectivity index (χ0n) is 10.6. The minimum absolute atomic E-state index is 0.0947. The number of amides is 1. The van der Waals surface area contributed by atoms with Crippen LogP contribution in [0.4, 0.5) is 10.6 Å². The second-order valence-corrected chi connectivity index (χ2v) is 3.43. The van der Waals surface area contributed by atoms with E-state index in [2.05, 4.69) is 21.2 Å². The van der Waals surface area contributed by atoms with Gasteiger partial charge in [0, 0.05) is 19.6 Å². The SMILES string of the molecule is C#Cc1cnc(=O)[nH]c1NC(=O)OCCCOCC. The number of nitrogens with zero attached hydrogens (tertiary/aromatic N) is 1. The molecule has 2 N–H and O–H groups in total. The van der Waals surface area contributed by atoms with E-state index in [-0.39, 0.29) is 18.0 Å². The van der Waals surface area contributed by atoms with E-state index in [1.54, 1.807) is 0 Å². The standard InChI is InChI=1S/C12H15N3O4/c1-3-9-8-13-11(16)14-10(9)15-12(17)19-7-5-6-18-4-2/h1,8H,4-7H2,2H3,(H2,13,14,15,16,17). The molecule has 0 unspecified atom stereocenters. The second kappa shape index (κ2) is 7.89. The molecular weight excluding hydrogens is 250 g/mol. The number of carbonyl (C=O) groups excluding carboxylic acids is 1. The van der Waals surface area contributed by atoms with Crippen LogP contribution in [0.2, 0.25) is 0 Å². The second-order valence-electron chi connectivity index (χ2n) is 3.43. The van der Waals surface area contributed by atoms with Gasteiger partial charge in [-0.25, -0.2) is 14.6 Å². The van der Waals surface area contributed by atoms with Gasteiger partial charge in [-0.15, -0.1) is 6.42 Å². The third-order valence-electron chi connectivity index (χ3n) is 2.07. The van der Waals surface area contributed by atoms with Crippen molar-refractivity contribution in [1.29, 1.82) is 0 Å². The fraction of sp³-hybridized carbons (Fsp3) is 0.417. The van der Waals surface area contributed by atoms with Crippen molar-refractivity contribution in [2.45, 2.75) is 13.3 Å². The highest BCUT2D eigenvalue weighted by Gasteiger charge is 2.08. The summed E-state index contributed by atoms with van der Waals surface area (Å²) in [6.07, 6.45) is 6.30. The van der Waals surface area contributed by atoms with Gasteiger partial charge in [0.05, 0.1) is 18.4 Å². The number of hydrogen-bond acceptors (Lipinski definition) is 5. The number of terminal acetylenes is 1. The lowest BCUT2D eigenvalue weighted by atomic mass is 10.3. The van der Waals surface area contributed by atoms with Gasteiger partial charge in [0.25, 0.3) is 0 Å². The maximum Gasteiger partial charge on any atom is 0.412 e. The van der Waals surface area contributed by atoms with Gasteiger partial charge in [0.1, 0.15) is 5.82 Å². The Hall–Kier alpha value is -2.33. The van der Waals surface area contributed by atoms with Gasteiger partial charge in [0.2, 0.25) is 0 Å². The van der Waals surface area contributed by atoms with Crippen LogP contribution in [0.5, 0.6) is 0 Å². The van der Waals surface area contributed by atoms with Crippen molar-refractivity contribution in [3.8, 4) is 12.3 Å². The van der Waals surface area contributed by atoms with E-state index in [0.717, 1.165) is 0 Å². The summed E-state index contributed by atoms with van der Waals surface area (Å²) < 4.78 is 9.98. The van der Waals surface area contributed by atoms with Crippen molar-refractivity contribution in [3.05, 3.63) is 22.2 Å². The van der Waals surface area contributed by atoms with Crippen LogP contribution in [0.1, 0.15) is 18.9 Å². The van der Waals surface area contributed by atoms with Gasteiger partial charge in [0.15, 0.2) is 0 Å². The highest BCUT2D eigenvalue weighted by molar-refractivity contribution is 5.84. The molecule has 0 saturated heterocycles. The Labute approximate surface area is 110 Å². The summed E-state index contributed by atoms with van der Waals surface area (Å²) in [7, 11) is 0. The van der Waals surface area contributed by atoms with Crippen LogP contribution >= 0.6 is 0 Å². The molecule has 1 heterocycles. The van der Waals surface area contributed by atoms with Gasteiger partial charge in [-0.05, 0) is 6.92 Å². The molecule has 0 saturated carbocycles. The van der Waals surface area contributed by atoms with Crippen molar-refractivity contribution in [2.75, 3.05) is 25.1 Å². The van der Waals surface area contributed by atoms with Crippen LogP contribution < -0.4 is 11.0 Å². The summed E-state index contributed by atoms with van der Waals surface area (Å²) in [6, 6.07) is 0. The summed E-state index contributed by atoms with van der Waals surface area (Å²) in [6.45, 7) is 3.24. The number of rotatable bonds is 6. The van der Waals surface area contributed by atoms with Gasteiger partial charge in [-0.3, -0.25) is 10.3 Å². The highest BCUT2D eigenvalue weighted by Crippen LogP contribution is 2.06. The molecule has 102 valence electrons. The monoisotopic (exact) mass is 265 g/mol. The minimum atomic E-state index is -0.699. The van der Waals surface area contributed by atoms with Crippen LogP contribution in [0.25, 0.3) is 0 Å². The van der Waals surface area contributed by atoms with Crippen LogP contribution in [-0.2, 0) is 9.47 Å². The molecule has 0 spiro atoms. The number of H-pyrrole nitrogens is 1. The van der Waals surface area contributed by atoms with Crippen molar-refractivity contribution in [1.82, 2.24) is 9.97 Å². The Balaban J connectivity index is 2.46. The molecule has 1 rings (SSSR count). The Morgan fingerprint density at radius 3 is 3.05 bits per heavy atom. The smallest absolute Gasteiger partial charge is 0.412 e. The number of hydrogen-bond donors (Lipinski definition) is 2. The molecule has 0 aliphatic carbocycles. The third-order valence-corrected chi connectivity index (χ3v) is 2.07. The molecule has 0 aliphatic rings. The predicted molar refractivity (Wildman–Crippen MR) is 68.9 cm³/mol.